The summed E-state index contributed by atoms with van der Waals surface area (Å²) in [5.41, 5.74) is 14.3. The van der Waals surface area contributed by atoms with E-state index >= 15 is 0 Å². The minimum absolute atomic E-state index is 0.136. The molecule has 0 saturated heterocycles. The molecule has 2 aliphatic rings. The van der Waals surface area contributed by atoms with Crippen LogP contribution in [-0.2, 0) is 5.41 Å². The summed E-state index contributed by atoms with van der Waals surface area (Å²) in [6.07, 6.45) is 0. The van der Waals surface area contributed by atoms with Crippen molar-refractivity contribution in [2.45, 2.75) is 19.3 Å². The fourth-order valence-corrected chi connectivity index (χ4v) is 6.81. The van der Waals surface area contributed by atoms with Crippen molar-refractivity contribution in [3.63, 3.8) is 0 Å². The zero-order chi connectivity index (χ0) is 25.4. The van der Waals surface area contributed by atoms with Crippen LogP contribution in [0.5, 0.6) is 0 Å². The molecule has 0 spiro atoms. The molecule has 0 atom stereocenters. The van der Waals surface area contributed by atoms with Gasteiger partial charge in [0.1, 0.15) is 0 Å². The Morgan fingerprint density at radius 3 is 1.50 bits per heavy atom. The van der Waals surface area contributed by atoms with Crippen LogP contribution < -0.4 is 4.90 Å². The van der Waals surface area contributed by atoms with Crippen LogP contribution in [0.2, 0.25) is 0 Å². The lowest BCUT2D eigenvalue weighted by Crippen LogP contribution is -2.24. The fraction of sp³-hybridized carbons (Fsp3) is 0.0811. The molecule has 0 bridgehead atoms. The number of nitrogens with zero attached hydrogens (tertiary/aromatic N) is 1. The minimum Gasteiger partial charge on any atom is -0.310 e. The van der Waals surface area contributed by atoms with E-state index in [1.54, 1.807) is 0 Å². The Kier molecular flexibility index (Phi) is 4.35. The zero-order valence-electron chi connectivity index (χ0n) is 21.6. The van der Waals surface area contributed by atoms with Gasteiger partial charge in [-0.2, -0.15) is 0 Å². The maximum Gasteiger partial charge on any atom is 0.0465 e. The highest BCUT2D eigenvalue weighted by Crippen LogP contribution is 2.56. The van der Waals surface area contributed by atoms with E-state index in [0.29, 0.717) is 0 Å². The van der Waals surface area contributed by atoms with Gasteiger partial charge in [0.2, 0.25) is 0 Å². The lowest BCUT2D eigenvalue weighted by atomic mass is 9.68. The van der Waals surface area contributed by atoms with Crippen LogP contribution in [0, 0.1) is 0 Å². The average molecular weight is 486 g/mol. The van der Waals surface area contributed by atoms with Crippen molar-refractivity contribution in [2.75, 3.05) is 4.90 Å². The molecule has 0 fully saturated rings. The standard InChI is InChI=1S/C37H27N/c1-37(2)33-22-21-31-28-16-10-9-15-27(28)30-19-20-32(36(33)35(30)31)29-18-17-26(23-34(29)37)38(24-11-5-3-6-12-24)25-13-7-4-8-14-25/h3-23H,1-2H3. The van der Waals surface area contributed by atoms with Gasteiger partial charge in [-0.1, -0.05) is 105 Å². The van der Waals surface area contributed by atoms with Crippen LogP contribution in [-0.4, -0.2) is 0 Å². The van der Waals surface area contributed by atoms with E-state index in [4.69, 9.17) is 0 Å². The molecule has 0 N–H and O–H groups in total. The number of anilines is 3. The summed E-state index contributed by atoms with van der Waals surface area (Å²) in [6.45, 7) is 4.78. The zero-order valence-corrected chi connectivity index (χ0v) is 21.6. The number of benzene rings is 6. The largest absolute Gasteiger partial charge is 0.310 e. The van der Waals surface area contributed by atoms with E-state index in [2.05, 4.69) is 146 Å². The van der Waals surface area contributed by atoms with Crippen molar-refractivity contribution in [3.8, 4) is 33.4 Å². The van der Waals surface area contributed by atoms with Crippen LogP contribution in [0.25, 0.3) is 44.2 Å². The van der Waals surface area contributed by atoms with E-state index in [0.717, 1.165) is 11.4 Å². The van der Waals surface area contributed by atoms with Gasteiger partial charge in [0.15, 0.2) is 0 Å². The van der Waals surface area contributed by atoms with Gasteiger partial charge in [-0.05, 0) is 91.7 Å². The summed E-state index contributed by atoms with van der Waals surface area (Å²) in [7, 11) is 0. The minimum atomic E-state index is -0.136. The van der Waals surface area contributed by atoms with E-state index in [9.17, 15) is 0 Å². The van der Waals surface area contributed by atoms with Crippen molar-refractivity contribution in [3.05, 3.63) is 139 Å². The Bertz CT molecular complexity index is 1810. The van der Waals surface area contributed by atoms with Gasteiger partial charge >= 0.3 is 0 Å². The Morgan fingerprint density at radius 1 is 0.395 bits per heavy atom. The highest BCUT2D eigenvalue weighted by Gasteiger charge is 2.36. The molecule has 180 valence electrons. The quantitative estimate of drug-likeness (QED) is 0.241. The topological polar surface area (TPSA) is 3.24 Å². The van der Waals surface area contributed by atoms with Gasteiger partial charge in [-0.3, -0.25) is 0 Å². The van der Waals surface area contributed by atoms with Crippen LogP contribution in [0.15, 0.2) is 127 Å². The molecule has 8 rings (SSSR count). The fourth-order valence-electron chi connectivity index (χ4n) is 6.81. The first-order valence-electron chi connectivity index (χ1n) is 13.4. The van der Waals surface area contributed by atoms with Crippen LogP contribution in [0.1, 0.15) is 25.0 Å². The molecule has 0 aliphatic heterocycles. The van der Waals surface area contributed by atoms with Gasteiger partial charge in [-0.25, -0.2) is 0 Å². The van der Waals surface area contributed by atoms with Crippen molar-refractivity contribution < 1.29 is 0 Å². The molecule has 38 heavy (non-hydrogen) atoms. The summed E-state index contributed by atoms with van der Waals surface area (Å²) < 4.78 is 0. The normalized spacial score (nSPS) is 13.7. The second-order valence-electron chi connectivity index (χ2n) is 11.0. The van der Waals surface area contributed by atoms with E-state index < -0.39 is 0 Å². The van der Waals surface area contributed by atoms with Crippen LogP contribution in [0.4, 0.5) is 17.1 Å². The molecule has 0 unspecified atom stereocenters. The molecule has 0 aromatic heterocycles. The third-order valence-corrected chi connectivity index (χ3v) is 8.60. The maximum absolute atomic E-state index is 2.42. The predicted molar refractivity (Wildman–Crippen MR) is 161 cm³/mol. The summed E-state index contributed by atoms with van der Waals surface area (Å²) in [5.74, 6) is 0. The van der Waals surface area contributed by atoms with Crippen molar-refractivity contribution in [1.82, 2.24) is 0 Å². The highest BCUT2D eigenvalue weighted by atomic mass is 15.1. The molecule has 0 heterocycles. The lowest BCUT2D eigenvalue weighted by Gasteiger charge is -2.37. The first-order chi connectivity index (χ1) is 18.6. The molecular formula is C37H27N. The van der Waals surface area contributed by atoms with Crippen LogP contribution >= 0.6 is 0 Å². The Balaban J connectivity index is 1.38. The SMILES string of the molecule is CC1(C)c2cc(N(c3ccccc3)c3ccccc3)ccc2-c2ccc3c4c(ccc1c24)-c1ccccc1-3. The predicted octanol–water partition coefficient (Wildman–Crippen LogP) is 10.3. The molecule has 0 saturated carbocycles. The lowest BCUT2D eigenvalue weighted by molar-refractivity contribution is 0.645. The van der Waals surface area contributed by atoms with E-state index in [1.165, 1.54) is 61.0 Å². The molecular weight excluding hydrogens is 458 g/mol. The van der Waals surface area contributed by atoms with Crippen molar-refractivity contribution >= 4 is 27.8 Å². The molecule has 0 amide bonds. The number of rotatable bonds is 3. The second-order valence-corrected chi connectivity index (χ2v) is 11.0. The molecule has 0 radical (unpaired) electrons. The Morgan fingerprint density at radius 2 is 0.895 bits per heavy atom. The third kappa shape index (κ3) is 2.82. The molecule has 6 aromatic carbocycles. The highest BCUT2D eigenvalue weighted by molar-refractivity contribution is 6.20. The van der Waals surface area contributed by atoms with Gasteiger partial charge in [0.05, 0.1) is 0 Å². The third-order valence-electron chi connectivity index (χ3n) is 8.60. The molecule has 1 heteroatoms. The van der Waals surface area contributed by atoms with Crippen molar-refractivity contribution in [1.29, 1.82) is 0 Å². The van der Waals surface area contributed by atoms with E-state index in [1.807, 2.05) is 0 Å². The molecule has 2 aliphatic carbocycles. The van der Waals surface area contributed by atoms with Gasteiger partial charge in [0, 0.05) is 22.5 Å². The maximum atomic E-state index is 2.42. The van der Waals surface area contributed by atoms with Crippen LogP contribution in [0.3, 0.4) is 0 Å². The van der Waals surface area contributed by atoms with Gasteiger partial charge < -0.3 is 4.90 Å². The number of para-hydroxylation sites is 2. The number of fused-ring (bicyclic) bond motifs is 5. The average Bonchev–Trinajstić information content (AvgIpc) is 3.29. The second kappa shape index (κ2) is 7.69. The molecule has 6 aromatic rings. The smallest absolute Gasteiger partial charge is 0.0465 e. The first kappa shape index (κ1) is 21.5. The number of hydrogen-bond donors (Lipinski definition) is 0. The first-order valence-corrected chi connectivity index (χ1v) is 13.4. The summed E-state index contributed by atoms with van der Waals surface area (Å²) in [4.78, 5) is 2.36. The summed E-state index contributed by atoms with van der Waals surface area (Å²) in [6, 6.07) is 46.7. The Hall–Kier alpha value is -4.62. The summed E-state index contributed by atoms with van der Waals surface area (Å²) >= 11 is 0. The van der Waals surface area contributed by atoms with Gasteiger partial charge in [-0.15, -0.1) is 0 Å². The monoisotopic (exact) mass is 485 g/mol. The molecule has 1 nitrogen and oxygen atoms in total. The Labute approximate surface area is 223 Å². The summed E-state index contributed by atoms with van der Waals surface area (Å²) in [5, 5.41) is 2.84. The number of hydrogen-bond acceptors (Lipinski definition) is 1. The van der Waals surface area contributed by atoms with Crippen molar-refractivity contribution in [2.24, 2.45) is 0 Å². The van der Waals surface area contributed by atoms with Gasteiger partial charge in [0.25, 0.3) is 0 Å². The van der Waals surface area contributed by atoms with E-state index in [-0.39, 0.29) is 5.41 Å².